The van der Waals surface area contributed by atoms with Gasteiger partial charge < -0.3 is 10.7 Å². The van der Waals surface area contributed by atoms with Crippen molar-refractivity contribution in [2.45, 2.75) is 0 Å². The van der Waals surface area contributed by atoms with E-state index in [1.165, 1.54) is 24.4 Å². The number of nitrogen functional groups attached to an aromatic ring is 1. The van der Waals surface area contributed by atoms with Gasteiger partial charge in [-0.25, -0.2) is 15.2 Å². The monoisotopic (exact) mass is 349 g/mol. The van der Waals surface area contributed by atoms with Crippen LogP contribution in [0.25, 0.3) is 0 Å². The zero-order chi connectivity index (χ0) is 15.4. The van der Waals surface area contributed by atoms with E-state index in [0.717, 1.165) is 6.07 Å². The van der Waals surface area contributed by atoms with Crippen LogP contribution in [0.15, 0.2) is 34.9 Å². The molecule has 1 heterocycles. The molecule has 0 aliphatic heterocycles. The Morgan fingerprint density at radius 1 is 1.48 bits per heavy atom. The third-order valence-electron chi connectivity index (χ3n) is 2.61. The maximum Gasteiger partial charge on any atom is 0.259 e. The molecule has 0 fully saturated rings. The first kappa shape index (κ1) is 14.9. The number of halogens is 2. The second-order valence-electron chi connectivity index (χ2n) is 3.92. The summed E-state index contributed by atoms with van der Waals surface area (Å²) >= 11 is 3.20. The van der Waals surface area contributed by atoms with Crippen LogP contribution in [0.5, 0.6) is 0 Å². The normalized spacial score (nSPS) is 9.81. The Kier molecular flexibility index (Phi) is 4.47. The van der Waals surface area contributed by atoms with Crippen molar-refractivity contribution < 1.29 is 9.18 Å². The SMILES string of the molecule is N#Cc1c(F)cccc1NC(=O)c1cc(Br)cnc1NN. The summed E-state index contributed by atoms with van der Waals surface area (Å²) in [5, 5.41) is 11.4. The highest BCUT2D eigenvalue weighted by molar-refractivity contribution is 9.10. The number of nitriles is 1. The number of carbonyl (C=O) groups is 1. The molecule has 1 aromatic carbocycles. The van der Waals surface area contributed by atoms with Gasteiger partial charge in [0.05, 0.1) is 11.3 Å². The van der Waals surface area contributed by atoms with Crippen molar-refractivity contribution in [3.8, 4) is 6.07 Å². The molecule has 0 bridgehead atoms. The zero-order valence-corrected chi connectivity index (χ0v) is 12.1. The van der Waals surface area contributed by atoms with Gasteiger partial charge in [0.25, 0.3) is 5.91 Å². The number of aromatic nitrogens is 1. The van der Waals surface area contributed by atoms with E-state index in [0.29, 0.717) is 4.47 Å². The molecule has 2 aromatic rings. The molecular formula is C13H9BrFN5O. The number of carbonyl (C=O) groups excluding carboxylic acids is 1. The topological polar surface area (TPSA) is 104 Å². The van der Waals surface area contributed by atoms with Crippen LogP contribution in [0.2, 0.25) is 0 Å². The first-order valence-corrected chi connectivity index (χ1v) is 6.48. The average molecular weight is 350 g/mol. The lowest BCUT2D eigenvalue weighted by Gasteiger charge is -2.10. The van der Waals surface area contributed by atoms with E-state index >= 15 is 0 Å². The quantitative estimate of drug-likeness (QED) is 0.583. The fourth-order valence-corrected chi connectivity index (χ4v) is 1.99. The number of amides is 1. The third-order valence-corrected chi connectivity index (χ3v) is 3.04. The number of nitrogens with two attached hydrogens (primary N) is 1. The summed E-state index contributed by atoms with van der Waals surface area (Å²) in [7, 11) is 0. The highest BCUT2D eigenvalue weighted by atomic mass is 79.9. The highest BCUT2D eigenvalue weighted by Gasteiger charge is 2.16. The van der Waals surface area contributed by atoms with Crippen molar-refractivity contribution in [3.05, 3.63) is 51.9 Å². The van der Waals surface area contributed by atoms with Crippen LogP contribution < -0.4 is 16.6 Å². The van der Waals surface area contributed by atoms with Crippen molar-refractivity contribution in [1.29, 1.82) is 5.26 Å². The van der Waals surface area contributed by atoms with E-state index in [4.69, 9.17) is 11.1 Å². The highest BCUT2D eigenvalue weighted by Crippen LogP contribution is 2.22. The molecule has 0 atom stereocenters. The minimum absolute atomic E-state index is 0.0745. The molecule has 1 amide bonds. The van der Waals surface area contributed by atoms with Gasteiger partial charge in [0.1, 0.15) is 17.4 Å². The molecule has 4 N–H and O–H groups in total. The second kappa shape index (κ2) is 6.30. The molecule has 106 valence electrons. The van der Waals surface area contributed by atoms with Gasteiger partial charge in [-0.05, 0) is 34.1 Å². The van der Waals surface area contributed by atoms with Crippen LogP contribution in [0, 0.1) is 17.1 Å². The number of benzene rings is 1. The zero-order valence-electron chi connectivity index (χ0n) is 10.5. The molecule has 0 saturated heterocycles. The lowest BCUT2D eigenvalue weighted by Crippen LogP contribution is -2.19. The number of hydrogen-bond donors (Lipinski definition) is 3. The van der Waals surface area contributed by atoms with Crippen molar-refractivity contribution in [2.75, 3.05) is 10.7 Å². The molecule has 2 rings (SSSR count). The lowest BCUT2D eigenvalue weighted by molar-refractivity contribution is 0.102. The molecule has 0 aliphatic carbocycles. The fourth-order valence-electron chi connectivity index (χ4n) is 1.66. The molecule has 0 saturated carbocycles. The minimum Gasteiger partial charge on any atom is -0.321 e. The van der Waals surface area contributed by atoms with Crippen molar-refractivity contribution in [3.63, 3.8) is 0 Å². The number of hydrazine groups is 1. The molecule has 6 nitrogen and oxygen atoms in total. The van der Waals surface area contributed by atoms with Gasteiger partial charge >= 0.3 is 0 Å². The summed E-state index contributed by atoms with van der Waals surface area (Å²) in [6, 6.07) is 7.18. The van der Waals surface area contributed by atoms with Crippen LogP contribution in [-0.4, -0.2) is 10.9 Å². The van der Waals surface area contributed by atoms with Gasteiger partial charge in [-0.3, -0.25) is 4.79 Å². The second-order valence-corrected chi connectivity index (χ2v) is 4.84. The molecule has 0 aliphatic rings. The smallest absolute Gasteiger partial charge is 0.259 e. The van der Waals surface area contributed by atoms with Crippen LogP contribution in [0.1, 0.15) is 15.9 Å². The van der Waals surface area contributed by atoms with Crippen LogP contribution in [-0.2, 0) is 0 Å². The molecular weight excluding hydrogens is 341 g/mol. The van der Waals surface area contributed by atoms with Gasteiger partial charge in [-0.15, -0.1) is 0 Å². The molecule has 0 radical (unpaired) electrons. The van der Waals surface area contributed by atoms with Crippen LogP contribution in [0.3, 0.4) is 0 Å². The minimum atomic E-state index is -0.708. The predicted octanol–water partition coefficient (Wildman–Crippen LogP) is 2.39. The Hall–Kier alpha value is -2.50. The van der Waals surface area contributed by atoms with Crippen molar-refractivity contribution >= 4 is 33.3 Å². The lowest BCUT2D eigenvalue weighted by atomic mass is 10.1. The summed E-state index contributed by atoms with van der Waals surface area (Å²) in [6.07, 6.45) is 1.47. The van der Waals surface area contributed by atoms with Crippen LogP contribution in [0.4, 0.5) is 15.9 Å². The summed E-state index contributed by atoms with van der Waals surface area (Å²) in [4.78, 5) is 16.2. The molecule has 8 heteroatoms. The number of anilines is 2. The Balaban J connectivity index is 2.38. The van der Waals surface area contributed by atoms with E-state index in [1.54, 1.807) is 6.07 Å². The van der Waals surface area contributed by atoms with E-state index in [1.807, 2.05) is 0 Å². The summed E-state index contributed by atoms with van der Waals surface area (Å²) < 4.78 is 14.1. The van der Waals surface area contributed by atoms with Gasteiger partial charge in [-0.2, -0.15) is 5.26 Å². The summed E-state index contributed by atoms with van der Waals surface area (Å²) in [6.45, 7) is 0. The average Bonchev–Trinajstić information content (AvgIpc) is 2.47. The van der Waals surface area contributed by atoms with Crippen molar-refractivity contribution in [2.24, 2.45) is 5.84 Å². The largest absolute Gasteiger partial charge is 0.321 e. The van der Waals surface area contributed by atoms with E-state index in [2.05, 4.69) is 31.7 Å². The Morgan fingerprint density at radius 3 is 2.90 bits per heavy atom. The molecule has 0 unspecified atom stereocenters. The number of rotatable bonds is 3. The van der Waals surface area contributed by atoms with Crippen molar-refractivity contribution in [1.82, 2.24) is 4.98 Å². The van der Waals surface area contributed by atoms with Gasteiger partial charge in [-0.1, -0.05) is 6.07 Å². The Morgan fingerprint density at radius 2 is 2.24 bits per heavy atom. The van der Waals surface area contributed by atoms with E-state index in [9.17, 15) is 9.18 Å². The number of nitrogens with one attached hydrogen (secondary N) is 2. The maximum atomic E-state index is 13.5. The van der Waals surface area contributed by atoms with Gasteiger partial charge in [0.15, 0.2) is 5.82 Å². The number of pyridine rings is 1. The van der Waals surface area contributed by atoms with E-state index in [-0.39, 0.29) is 22.6 Å². The Labute approximate surface area is 127 Å². The third kappa shape index (κ3) is 3.16. The summed E-state index contributed by atoms with van der Waals surface area (Å²) in [5.74, 6) is 4.17. The standard InChI is InChI=1S/C13H9BrFN5O/c14-7-4-8(12(20-17)18-6-7)13(21)19-11-3-1-2-10(15)9(11)5-16/h1-4,6H,17H2,(H,18,20)(H,19,21). The number of hydrogen-bond acceptors (Lipinski definition) is 5. The molecule has 21 heavy (non-hydrogen) atoms. The molecule has 0 spiro atoms. The summed E-state index contributed by atoms with van der Waals surface area (Å²) in [5.41, 5.74) is 2.29. The first-order chi connectivity index (χ1) is 10.1. The first-order valence-electron chi connectivity index (χ1n) is 5.69. The maximum absolute atomic E-state index is 13.5. The number of nitrogens with zero attached hydrogens (tertiary/aromatic N) is 2. The fraction of sp³-hybridized carbons (Fsp3) is 0. The predicted molar refractivity (Wildman–Crippen MR) is 78.8 cm³/mol. The van der Waals surface area contributed by atoms with Gasteiger partial charge in [0, 0.05) is 10.7 Å². The van der Waals surface area contributed by atoms with Gasteiger partial charge in [0.2, 0.25) is 0 Å². The van der Waals surface area contributed by atoms with Crippen LogP contribution >= 0.6 is 15.9 Å². The molecule has 1 aromatic heterocycles. The Bertz CT molecular complexity index is 744. The van der Waals surface area contributed by atoms with E-state index < -0.39 is 11.7 Å².